The van der Waals surface area contributed by atoms with Crippen molar-refractivity contribution in [2.24, 2.45) is 0 Å². The van der Waals surface area contributed by atoms with E-state index < -0.39 is 5.97 Å². The smallest absolute Gasteiger partial charge is 0.307 e. The Bertz CT molecular complexity index is 533. The van der Waals surface area contributed by atoms with Crippen molar-refractivity contribution >= 4 is 32.8 Å². The number of carboxylic acid groups (broad SMARTS) is 1. The monoisotopic (exact) mass is 268 g/mol. The lowest BCUT2D eigenvalue weighted by Gasteiger charge is -2.00. The summed E-state index contributed by atoms with van der Waals surface area (Å²) in [5, 5.41) is 16.7. The van der Waals surface area contributed by atoms with Gasteiger partial charge in [-0.15, -0.1) is 0 Å². The summed E-state index contributed by atoms with van der Waals surface area (Å²) in [6, 6.07) is 3.72. The SMILES string of the molecule is Cc1[nH]nc2c(CC(=O)O)cc(Br)cc12. The van der Waals surface area contributed by atoms with Gasteiger partial charge in [-0.3, -0.25) is 9.89 Å². The maximum atomic E-state index is 10.7. The van der Waals surface area contributed by atoms with Gasteiger partial charge in [0.15, 0.2) is 0 Å². The van der Waals surface area contributed by atoms with Gasteiger partial charge in [0.2, 0.25) is 0 Å². The molecular weight excluding hydrogens is 260 g/mol. The van der Waals surface area contributed by atoms with Crippen molar-refractivity contribution in [2.75, 3.05) is 0 Å². The Balaban J connectivity index is 2.66. The van der Waals surface area contributed by atoms with Gasteiger partial charge in [-0.05, 0) is 24.6 Å². The Kier molecular flexibility index (Phi) is 2.48. The van der Waals surface area contributed by atoms with Crippen LogP contribution in [0, 0.1) is 6.92 Å². The summed E-state index contributed by atoms with van der Waals surface area (Å²) in [4.78, 5) is 10.7. The minimum atomic E-state index is -0.852. The first-order valence-corrected chi connectivity index (χ1v) is 5.22. The van der Waals surface area contributed by atoms with Gasteiger partial charge in [0.25, 0.3) is 0 Å². The highest BCUT2D eigenvalue weighted by atomic mass is 79.9. The zero-order valence-electron chi connectivity index (χ0n) is 8.04. The molecule has 4 nitrogen and oxygen atoms in total. The number of H-pyrrole nitrogens is 1. The molecule has 0 saturated carbocycles. The first kappa shape index (κ1) is 10.2. The van der Waals surface area contributed by atoms with Gasteiger partial charge < -0.3 is 5.11 Å². The predicted octanol–water partition coefficient (Wildman–Crippen LogP) is 2.26. The van der Waals surface area contributed by atoms with Crippen LogP contribution in [0.3, 0.4) is 0 Å². The van der Waals surface area contributed by atoms with Gasteiger partial charge in [0.05, 0.1) is 11.9 Å². The molecule has 78 valence electrons. The van der Waals surface area contributed by atoms with E-state index in [0.29, 0.717) is 0 Å². The lowest BCUT2D eigenvalue weighted by molar-refractivity contribution is -0.136. The molecule has 0 saturated heterocycles. The number of rotatable bonds is 2. The Morgan fingerprint density at radius 3 is 3.00 bits per heavy atom. The third-order valence-electron chi connectivity index (χ3n) is 2.23. The number of halogens is 1. The summed E-state index contributed by atoms with van der Waals surface area (Å²) in [7, 11) is 0. The van der Waals surface area contributed by atoms with Crippen LogP contribution < -0.4 is 0 Å². The first-order valence-electron chi connectivity index (χ1n) is 4.43. The van der Waals surface area contributed by atoms with Crippen LogP contribution in [-0.2, 0) is 11.2 Å². The molecule has 2 N–H and O–H groups in total. The Labute approximate surface area is 94.4 Å². The van der Waals surface area contributed by atoms with Gasteiger partial charge in [-0.25, -0.2) is 0 Å². The first-order chi connectivity index (χ1) is 7.08. The van der Waals surface area contributed by atoms with Crippen molar-refractivity contribution in [1.82, 2.24) is 10.2 Å². The molecule has 0 spiro atoms. The Morgan fingerprint density at radius 2 is 2.33 bits per heavy atom. The number of aromatic amines is 1. The number of carbonyl (C=O) groups is 1. The highest BCUT2D eigenvalue weighted by Gasteiger charge is 2.11. The number of aromatic nitrogens is 2. The Morgan fingerprint density at radius 1 is 1.60 bits per heavy atom. The molecule has 0 aliphatic heterocycles. The minimum Gasteiger partial charge on any atom is -0.481 e. The van der Waals surface area contributed by atoms with Crippen molar-refractivity contribution in [3.63, 3.8) is 0 Å². The van der Waals surface area contributed by atoms with Crippen LogP contribution >= 0.6 is 15.9 Å². The number of hydrogen-bond acceptors (Lipinski definition) is 2. The number of hydrogen-bond donors (Lipinski definition) is 2. The van der Waals surface area contributed by atoms with Gasteiger partial charge in [-0.2, -0.15) is 5.10 Å². The molecule has 0 unspecified atom stereocenters. The number of carboxylic acids is 1. The molecule has 0 aliphatic carbocycles. The van der Waals surface area contributed by atoms with Crippen molar-refractivity contribution in [3.05, 3.63) is 27.9 Å². The number of nitrogens with zero attached hydrogens (tertiary/aromatic N) is 1. The number of benzene rings is 1. The topological polar surface area (TPSA) is 66.0 Å². The van der Waals surface area contributed by atoms with E-state index in [4.69, 9.17) is 5.11 Å². The summed E-state index contributed by atoms with van der Waals surface area (Å²) in [5.74, 6) is -0.852. The van der Waals surface area contributed by atoms with E-state index in [1.807, 2.05) is 13.0 Å². The van der Waals surface area contributed by atoms with Crippen molar-refractivity contribution in [2.45, 2.75) is 13.3 Å². The minimum absolute atomic E-state index is 0.0137. The number of nitrogens with one attached hydrogen (secondary N) is 1. The van der Waals surface area contributed by atoms with E-state index in [9.17, 15) is 4.79 Å². The fourth-order valence-electron chi connectivity index (χ4n) is 1.57. The lowest BCUT2D eigenvalue weighted by Crippen LogP contribution is -2.00. The molecule has 1 heterocycles. The summed E-state index contributed by atoms with van der Waals surface area (Å²) >= 11 is 3.36. The molecule has 2 rings (SSSR count). The molecule has 0 amide bonds. The molecular formula is C10H9BrN2O2. The predicted molar refractivity (Wildman–Crippen MR) is 59.9 cm³/mol. The van der Waals surface area contributed by atoms with E-state index in [2.05, 4.69) is 26.1 Å². The van der Waals surface area contributed by atoms with Crippen LogP contribution in [-0.4, -0.2) is 21.3 Å². The second kappa shape index (κ2) is 3.66. The third kappa shape index (κ3) is 1.87. The van der Waals surface area contributed by atoms with E-state index in [0.717, 1.165) is 26.6 Å². The summed E-state index contributed by atoms with van der Waals surface area (Å²) in [6.45, 7) is 1.91. The normalized spacial score (nSPS) is 10.8. The maximum absolute atomic E-state index is 10.7. The number of aliphatic carboxylic acids is 1. The van der Waals surface area contributed by atoms with E-state index in [1.54, 1.807) is 6.07 Å². The quantitative estimate of drug-likeness (QED) is 0.878. The fraction of sp³-hybridized carbons (Fsp3) is 0.200. The standard InChI is InChI=1S/C10H9BrN2O2/c1-5-8-4-7(11)2-6(3-9(14)15)10(8)13-12-5/h2,4H,3H2,1H3,(H,12,13)(H,14,15). The van der Waals surface area contributed by atoms with E-state index in [-0.39, 0.29) is 6.42 Å². The van der Waals surface area contributed by atoms with Crippen LogP contribution in [0.2, 0.25) is 0 Å². The maximum Gasteiger partial charge on any atom is 0.307 e. The fourth-order valence-corrected chi connectivity index (χ4v) is 2.08. The molecule has 0 radical (unpaired) electrons. The zero-order valence-corrected chi connectivity index (χ0v) is 9.63. The average Bonchev–Trinajstić information content (AvgIpc) is 2.47. The lowest BCUT2D eigenvalue weighted by atomic mass is 10.1. The van der Waals surface area contributed by atoms with Crippen LogP contribution in [0.1, 0.15) is 11.3 Å². The largest absolute Gasteiger partial charge is 0.481 e. The van der Waals surface area contributed by atoms with E-state index in [1.165, 1.54) is 0 Å². The molecule has 2 aromatic rings. The second-order valence-electron chi connectivity index (χ2n) is 3.38. The van der Waals surface area contributed by atoms with Crippen LogP contribution in [0.25, 0.3) is 10.9 Å². The summed E-state index contributed by atoms with van der Waals surface area (Å²) < 4.78 is 0.871. The van der Waals surface area contributed by atoms with Crippen LogP contribution in [0.15, 0.2) is 16.6 Å². The summed E-state index contributed by atoms with van der Waals surface area (Å²) in [6.07, 6.45) is -0.0137. The highest BCUT2D eigenvalue weighted by molar-refractivity contribution is 9.10. The molecule has 0 fully saturated rings. The van der Waals surface area contributed by atoms with Gasteiger partial charge in [-0.1, -0.05) is 15.9 Å². The molecule has 0 bridgehead atoms. The third-order valence-corrected chi connectivity index (χ3v) is 2.69. The van der Waals surface area contributed by atoms with Crippen LogP contribution in [0.4, 0.5) is 0 Å². The molecule has 0 aliphatic rings. The summed E-state index contributed by atoms with van der Waals surface area (Å²) in [5.41, 5.74) is 2.40. The van der Waals surface area contributed by atoms with Crippen molar-refractivity contribution in [3.8, 4) is 0 Å². The molecule has 0 atom stereocenters. The van der Waals surface area contributed by atoms with Gasteiger partial charge >= 0.3 is 5.97 Å². The van der Waals surface area contributed by atoms with Crippen LogP contribution in [0.5, 0.6) is 0 Å². The van der Waals surface area contributed by atoms with Crippen molar-refractivity contribution in [1.29, 1.82) is 0 Å². The molecule has 15 heavy (non-hydrogen) atoms. The average molecular weight is 269 g/mol. The second-order valence-corrected chi connectivity index (χ2v) is 4.30. The molecule has 1 aromatic carbocycles. The number of fused-ring (bicyclic) bond motifs is 1. The zero-order chi connectivity index (χ0) is 11.0. The van der Waals surface area contributed by atoms with Gasteiger partial charge in [0, 0.05) is 15.6 Å². The van der Waals surface area contributed by atoms with E-state index >= 15 is 0 Å². The van der Waals surface area contributed by atoms with Crippen molar-refractivity contribution < 1.29 is 9.90 Å². The highest BCUT2D eigenvalue weighted by Crippen LogP contribution is 2.25. The van der Waals surface area contributed by atoms with Gasteiger partial charge in [0.1, 0.15) is 0 Å². The molecule has 5 heteroatoms. The molecule has 1 aromatic heterocycles. The number of aryl methyl sites for hydroxylation is 1. The Hall–Kier alpha value is -1.36.